The SMILES string of the molecule is CC(=O)/C=C/c1cc(F)cc(F)c1. The maximum absolute atomic E-state index is 12.6. The zero-order chi connectivity index (χ0) is 9.84. The van der Waals surface area contributed by atoms with Gasteiger partial charge in [-0.25, -0.2) is 8.78 Å². The predicted molar refractivity (Wildman–Crippen MR) is 46.1 cm³/mol. The molecule has 0 spiro atoms. The molecule has 68 valence electrons. The smallest absolute Gasteiger partial charge is 0.152 e. The first-order valence-electron chi connectivity index (χ1n) is 3.72. The molecule has 3 heteroatoms. The molecule has 0 aromatic heterocycles. The molecular formula is C10H8F2O. The molecule has 1 aromatic rings. The lowest BCUT2D eigenvalue weighted by Crippen LogP contribution is -1.84. The summed E-state index contributed by atoms with van der Waals surface area (Å²) in [6, 6.07) is 3.09. The molecule has 0 heterocycles. The van der Waals surface area contributed by atoms with Crippen molar-refractivity contribution in [2.24, 2.45) is 0 Å². The van der Waals surface area contributed by atoms with Crippen LogP contribution < -0.4 is 0 Å². The minimum atomic E-state index is -0.650. The van der Waals surface area contributed by atoms with Gasteiger partial charge in [-0.2, -0.15) is 0 Å². The fourth-order valence-corrected chi connectivity index (χ4v) is 0.885. The molecule has 0 saturated heterocycles. The van der Waals surface area contributed by atoms with E-state index in [1.807, 2.05) is 0 Å². The summed E-state index contributed by atoms with van der Waals surface area (Å²) in [7, 11) is 0. The summed E-state index contributed by atoms with van der Waals surface area (Å²) in [5, 5.41) is 0. The molecule has 0 aliphatic carbocycles. The van der Waals surface area contributed by atoms with Gasteiger partial charge in [0.05, 0.1) is 0 Å². The van der Waals surface area contributed by atoms with Crippen LogP contribution >= 0.6 is 0 Å². The van der Waals surface area contributed by atoms with E-state index < -0.39 is 11.6 Å². The van der Waals surface area contributed by atoms with Crippen LogP contribution in [0.4, 0.5) is 8.78 Å². The highest BCUT2D eigenvalue weighted by atomic mass is 19.1. The lowest BCUT2D eigenvalue weighted by molar-refractivity contribution is -0.112. The molecule has 0 aliphatic rings. The third kappa shape index (κ3) is 3.15. The van der Waals surface area contributed by atoms with Crippen LogP contribution in [0.25, 0.3) is 6.08 Å². The van der Waals surface area contributed by atoms with Crippen LogP contribution in [-0.2, 0) is 4.79 Å². The number of rotatable bonds is 2. The van der Waals surface area contributed by atoms with Gasteiger partial charge in [-0.15, -0.1) is 0 Å². The van der Waals surface area contributed by atoms with Crippen molar-refractivity contribution in [1.29, 1.82) is 0 Å². The highest BCUT2D eigenvalue weighted by Gasteiger charge is 1.97. The highest BCUT2D eigenvalue weighted by Crippen LogP contribution is 2.09. The van der Waals surface area contributed by atoms with Crippen LogP contribution in [0.3, 0.4) is 0 Å². The zero-order valence-corrected chi connectivity index (χ0v) is 7.05. The Hall–Kier alpha value is -1.51. The molecule has 0 fully saturated rings. The van der Waals surface area contributed by atoms with Crippen LogP contribution in [0.15, 0.2) is 24.3 Å². The van der Waals surface area contributed by atoms with Crippen LogP contribution in [0.2, 0.25) is 0 Å². The lowest BCUT2D eigenvalue weighted by Gasteiger charge is -1.94. The van der Waals surface area contributed by atoms with Gasteiger partial charge in [0.25, 0.3) is 0 Å². The Morgan fingerprint density at radius 3 is 2.23 bits per heavy atom. The van der Waals surface area contributed by atoms with Crippen molar-refractivity contribution in [2.45, 2.75) is 6.92 Å². The van der Waals surface area contributed by atoms with E-state index in [-0.39, 0.29) is 5.78 Å². The summed E-state index contributed by atoms with van der Waals surface area (Å²) in [4.78, 5) is 10.5. The van der Waals surface area contributed by atoms with E-state index in [1.165, 1.54) is 19.1 Å². The maximum atomic E-state index is 12.6. The summed E-state index contributed by atoms with van der Waals surface area (Å²) in [6.45, 7) is 1.37. The Kier molecular flexibility index (Phi) is 2.90. The zero-order valence-electron chi connectivity index (χ0n) is 7.05. The van der Waals surface area contributed by atoms with Crippen molar-refractivity contribution in [3.05, 3.63) is 41.5 Å². The number of halogens is 2. The second-order valence-electron chi connectivity index (χ2n) is 2.65. The topological polar surface area (TPSA) is 17.1 Å². The average molecular weight is 182 g/mol. The molecule has 0 N–H and O–H groups in total. The van der Waals surface area contributed by atoms with Gasteiger partial charge in [0.1, 0.15) is 11.6 Å². The van der Waals surface area contributed by atoms with Crippen molar-refractivity contribution in [3.8, 4) is 0 Å². The minimum absolute atomic E-state index is 0.162. The summed E-state index contributed by atoms with van der Waals surface area (Å²) >= 11 is 0. The first-order valence-corrected chi connectivity index (χ1v) is 3.72. The van der Waals surface area contributed by atoms with Gasteiger partial charge >= 0.3 is 0 Å². The summed E-state index contributed by atoms with van der Waals surface area (Å²) in [5.41, 5.74) is 0.340. The Morgan fingerprint density at radius 2 is 1.77 bits per heavy atom. The molecule has 0 atom stereocenters. The summed E-state index contributed by atoms with van der Waals surface area (Å²) in [6.07, 6.45) is 2.63. The van der Waals surface area contributed by atoms with Crippen LogP contribution in [-0.4, -0.2) is 5.78 Å². The van der Waals surface area contributed by atoms with E-state index >= 15 is 0 Å². The maximum Gasteiger partial charge on any atom is 0.152 e. The molecule has 13 heavy (non-hydrogen) atoms. The van der Waals surface area contributed by atoms with Gasteiger partial charge in [0.15, 0.2) is 5.78 Å². The first kappa shape index (κ1) is 9.58. The van der Waals surface area contributed by atoms with Gasteiger partial charge < -0.3 is 0 Å². The third-order valence-electron chi connectivity index (χ3n) is 1.40. The van der Waals surface area contributed by atoms with Gasteiger partial charge in [-0.05, 0) is 30.7 Å². The predicted octanol–water partition coefficient (Wildman–Crippen LogP) is 2.57. The molecule has 1 rings (SSSR count). The van der Waals surface area contributed by atoms with E-state index in [0.717, 1.165) is 18.2 Å². The summed E-state index contributed by atoms with van der Waals surface area (Å²) < 4.78 is 25.2. The molecule has 0 saturated carbocycles. The number of ketones is 1. The molecule has 0 bridgehead atoms. The Morgan fingerprint density at radius 1 is 1.23 bits per heavy atom. The third-order valence-corrected chi connectivity index (χ3v) is 1.40. The Balaban J connectivity index is 2.95. The number of allylic oxidation sites excluding steroid dienone is 1. The highest BCUT2D eigenvalue weighted by molar-refractivity contribution is 5.91. The monoisotopic (exact) mass is 182 g/mol. The molecule has 0 aliphatic heterocycles. The Bertz CT molecular complexity index is 336. The van der Waals surface area contributed by atoms with Crippen LogP contribution in [0.5, 0.6) is 0 Å². The fraction of sp³-hybridized carbons (Fsp3) is 0.100. The number of hydrogen-bond acceptors (Lipinski definition) is 1. The second-order valence-corrected chi connectivity index (χ2v) is 2.65. The number of hydrogen-bond donors (Lipinski definition) is 0. The average Bonchev–Trinajstić information content (AvgIpc) is 1.99. The standard InChI is InChI=1S/C10H8F2O/c1-7(13)2-3-8-4-9(11)6-10(12)5-8/h2-6H,1H3/b3-2+. The number of benzene rings is 1. The van der Waals surface area contributed by atoms with Crippen molar-refractivity contribution in [2.75, 3.05) is 0 Å². The first-order chi connectivity index (χ1) is 6.08. The van der Waals surface area contributed by atoms with E-state index in [4.69, 9.17) is 0 Å². The fourth-order valence-electron chi connectivity index (χ4n) is 0.885. The van der Waals surface area contributed by atoms with Gasteiger partial charge in [-0.3, -0.25) is 4.79 Å². The van der Waals surface area contributed by atoms with Crippen LogP contribution in [0, 0.1) is 11.6 Å². The molecular weight excluding hydrogens is 174 g/mol. The van der Waals surface area contributed by atoms with E-state index in [0.29, 0.717) is 5.56 Å². The molecule has 0 unspecified atom stereocenters. The number of carbonyl (C=O) groups excluding carboxylic acids is 1. The van der Waals surface area contributed by atoms with Gasteiger partial charge in [0.2, 0.25) is 0 Å². The lowest BCUT2D eigenvalue weighted by atomic mass is 10.2. The van der Waals surface area contributed by atoms with Crippen molar-refractivity contribution < 1.29 is 13.6 Å². The van der Waals surface area contributed by atoms with E-state index in [9.17, 15) is 13.6 Å². The second kappa shape index (κ2) is 3.94. The van der Waals surface area contributed by atoms with Crippen LogP contribution in [0.1, 0.15) is 12.5 Å². The van der Waals surface area contributed by atoms with Crippen molar-refractivity contribution in [1.82, 2.24) is 0 Å². The van der Waals surface area contributed by atoms with E-state index in [1.54, 1.807) is 0 Å². The Labute approximate surface area is 74.7 Å². The van der Waals surface area contributed by atoms with Crippen molar-refractivity contribution >= 4 is 11.9 Å². The molecule has 0 amide bonds. The molecule has 0 radical (unpaired) electrons. The van der Waals surface area contributed by atoms with Gasteiger partial charge in [-0.1, -0.05) is 6.08 Å². The molecule has 1 aromatic carbocycles. The van der Waals surface area contributed by atoms with Crippen molar-refractivity contribution in [3.63, 3.8) is 0 Å². The normalized spacial score (nSPS) is 10.7. The van der Waals surface area contributed by atoms with E-state index in [2.05, 4.69) is 0 Å². The minimum Gasteiger partial charge on any atom is -0.295 e. The number of carbonyl (C=O) groups is 1. The van der Waals surface area contributed by atoms with Gasteiger partial charge in [0, 0.05) is 6.07 Å². The largest absolute Gasteiger partial charge is 0.295 e. The summed E-state index contributed by atoms with van der Waals surface area (Å²) in [5.74, 6) is -1.46. The quantitative estimate of drug-likeness (QED) is 0.642. The molecule has 1 nitrogen and oxygen atoms in total.